The molecule has 5 heteroatoms. The molecule has 1 aromatic rings. The first-order valence-electron chi connectivity index (χ1n) is 8.51. The van der Waals surface area contributed by atoms with E-state index < -0.39 is 5.60 Å². The van der Waals surface area contributed by atoms with Gasteiger partial charge >= 0.3 is 0 Å². The maximum atomic E-state index is 12.2. The Kier molecular flexibility index (Phi) is 4.87. The van der Waals surface area contributed by atoms with Gasteiger partial charge in [0.15, 0.2) is 0 Å². The van der Waals surface area contributed by atoms with E-state index in [2.05, 4.69) is 16.3 Å². The zero-order valence-electron chi connectivity index (χ0n) is 13.8. The molecule has 2 aliphatic rings. The van der Waals surface area contributed by atoms with Crippen LogP contribution in [0.1, 0.15) is 37.7 Å². The first-order valence-corrected chi connectivity index (χ1v) is 8.51. The SMILES string of the molecule is Cc1cc(N2CCOCC2)ccc1NC(=O)CC1(O)CCCC1. The molecule has 0 aromatic heterocycles. The number of aryl methyl sites for hydroxylation is 1. The molecule has 1 saturated carbocycles. The lowest BCUT2D eigenvalue weighted by Crippen LogP contribution is -2.36. The molecule has 3 rings (SSSR count). The molecule has 126 valence electrons. The quantitative estimate of drug-likeness (QED) is 0.895. The number of aliphatic hydroxyl groups is 1. The van der Waals surface area contributed by atoms with Crippen LogP contribution < -0.4 is 10.2 Å². The van der Waals surface area contributed by atoms with Gasteiger partial charge in [0.2, 0.25) is 5.91 Å². The highest BCUT2D eigenvalue weighted by Crippen LogP contribution is 2.33. The summed E-state index contributed by atoms with van der Waals surface area (Å²) in [6.07, 6.45) is 3.68. The predicted octanol–water partition coefficient (Wildman–Crippen LogP) is 2.47. The summed E-state index contributed by atoms with van der Waals surface area (Å²) in [5, 5.41) is 13.3. The van der Waals surface area contributed by atoms with Gasteiger partial charge in [-0.25, -0.2) is 0 Å². The molecule has 0 unspecified atom stereocenters. The molecule has 0 radical (unpaired) electrons. The summed E-state index contributed by atoms with van der Waals surface area (Å²) in [4.78, 5) is 14.5. The van der Waals surface area contributed by atoms with E-state index in [0.29, 0.717) is 0 Å². The van der Waals surface area contributed by atoms with Crippen LogP contribution in [0.15, 0.2) is 18.2 Å². The van der Waals surface area contributed by atoms with Gasteiger partial charge in [-0.2, -0.15) is 0 Å². The third kappa shape index (κ3) is 4.03. The molecule has 2 N–H and O–H groups in total. The lowest BCUT2D eigenvalue weighted by molar-refractivity contribution is -0.120. The topological polar surface area (TPSA) is 61.8 Å². The molecule has 1 saturated heterocycles. The Bertz CT molecular complexity index is 561. The molecule has 0 atom stereocenters. The van der Waals surface area contributed by atoms with Crippen molar-refractivity contribution in [3.05, 3.63) is 23.8 Å². The van der Waals surface area contributed by atoms with Crippen LogP contribution in [0.5, 0.6) is 0 Å². The van der Waals surface area contributed by atoms with Crippen molar-refractivity contribution in [1.29, 1.82) is 0 Å². The monoisotopic (exact) mass is 318 g/mol. The van der Waals surface area contributed by atoms with Crippen LogP contribution >= 0.6 is 0 Å². The van der Waals surface area contributed by atoms with Crippen molar-refractivity contribution in [3.63, 3.8) is 0 Å². The average Bonchev–Trinajstić information content (AvgIpc) is 2.96. The van der Waals surface area contributed by atoms with Gasteiger partial charge in [0.25, 0.3) is 0 Å². The third-order valence-electron chi connectivity index (χ3n) is 4.88. The standard InChI is InChI=1S/C18H26N2O3/c1-14-12-15(20-8-10-23-11-9-20)4-5-16(14)19-17(21)13-18(22)6-2-3-7-18/h4-5,12,22H,2-3,6-11,13H2,1H3,(H,19,21). The summed E-state index contributed by atoms with van der Waals surface area (Å²) in [6, 6.07) is 6.10. The van der Waals surface area contributed by atoms with Crippen molar-refractivity contribution in [3.8, 4) is 0 Å². The first kappa shape index (κ1) is 16.3. The van der Waals surface area contributed by atoms with Crippen molar-refractivity contribution >= 4 is 17.3 Å². The summed E-state index contributed by atoms with van der Waals surface area (Å²) in [7, 11) is 0. The molecule has 0 bridgehead atoms. The molecule has 1 aliphatic carbocycles. The van der Waals surface area contributed by atoms with Crippen LogP contribution in [0, 0.1) is 6.92 Å². The van der Waals surface area contributed by atoms with Gasteiger partial charge in [-0.05, 0) is 43.5 Å². The van der Waals surface area contributed by atoms with Gasteiger partial charge < -0.3 is 20.1 Å². The highest BCUT2D eigenvalue weighted by atomic mass is 16.5. The second-order valence-corrected chi connectivity index (χ2v) is 6.76. The molecule has 1 amide bonds. The zero-order valence-corrected chi connectivity index (χ0v) is 13.8. The van der Waals surface area contributed by atoms with Gasteiger partial charge in [-0.1, -0.05) is 12.8 Å². The minimum absolute atomic E-state index is 0.100. The van der Waals surface area contributed by atoms with Gasteiger partial charge in [0, 0.05) is 24.5 Å². The smallest absolute Gasteiger partial charge is 0.227 e. The fourth-order valence-electron chi connectivity index (χ4n) is 3.51. The second kappa shape index (κ2) is 6.89. The van der Waals surface area contributed by atoms with Crippen LogP contribution in [0.3, 0.4) is 0 Å². The van der Waals surface area contributed by atoms with E-state index in [9.17, 15) is 9.90 Å². The van der Waals surface area contributed by atoms with Gasteiger partial charge in [0.05, 0.1) is 25.2 Å². The highest BCUT2D eigenvalue weighted by molar-refractivity contribution is 5.92. The number of rotatable bonds is 4. The van der Waals surface area contributed by atoms with Crippen molar-refractivity contribution in [1.82, 2.24) is 0 Å². The minimum atomic E-state index is -0.800. The van der Waals surface area contributed by atoms with Crippen LogP contribution in [-0.4, -0.2) is 42.9 Å². The predicted molar refractivity (Wildman–Crippen MR) is 90.9 cm³/mol. The Morgan fingerprint density at radius 2 is 2.00 bits per heavy atom. The van der Waals surface area contributed by atoms with Crippen molar-refractivity contribution in [2.75, 3.05) is 36.5 Å². The third-order valence-corrected chi connectivity index (χ3v) is 4.88. The van der Waals surface area contributed by atoms with E-state index in [0.717, 1.165) is 63.2 Å². The molecule has 1 aromatic carbocycles. The van der Waals surface area contributed by atoms with E-state index in [1.165, 1.54) is 5.69 Å². The Hall–Kier alpha value is -1.59. The fraction of sp³-hybridized carbons (Fsp3) is 0.611. The highest BCUT2D eigenvalue weighted by Gasteiger charge is 2.33. The number of amides is 1. The number of morpholine rings is 1. The maximum Gasteiger partial charge on any atom is 0.227 e. The van der Waals surface area contributed by atoms with Gasteiger partial charge in [-0.15, -0.1) is 0 Å². The molecule has 5 nitrogen and oxygen atoms in total. The molecular weight excluding hydrogens is 292 g/mol. The fourth-order valence-corrected chi connectivity index (χ4v) is 3.51. The van der Waals surface area contributed by atoms with Crippen molar-refractivity contribution in [2.24, 2.45) is 0 Å². The molecule has 1 aliphatic heterocycles. The number of nitrogens with zero attached hydrogens (tertiary/aromatic N) is 1. The second-order valence-electron chi connectivity index (χ2n) is 6.76. The molecule has 2 fully saturated rings. The first-order chi connectivity index (χ1) is 11.1. The number of carbonyl (C=O) groups excluding carboxylic acids is 1. The Morgan fingerprint density at radius 1 is 1.30 bits per heavy atom. The number of hydrogen-bond acceptors (Lipinski definition) is 4. The van der Waals surface area contributed by atoms with Crippen LogP contribution in [0.4, 0.5) is 11.4 Å². The average molecular weight is 318 g/mol. The number of hydrogen-bond donors (Lipinski definition) is 2. The largest absolute Gasteiger partial charge is 0.389 e. The number of carbonyl (C=O) groups is 1. The molecular formula is C18H26N2O3. The minimum Gasteiger partial charge on any atom is -0.389 e. The van der Waals surface area contributed by atoms with E-state index in [-0.39, 0.29) is 12.3 Å². The summed E-state index contributed by atoms with van der Waals surface area (Å²) in [5.74, 6) is -0.100. The number of benzene rings is 1. The van der Waals surface area contributed by atoms with E-state index in [1.807, 2.05) is 19.1 Å². The van der Waals surface area contributed by atoms with E-state index >= 15 is 0 Å². The number of ether oxygens (including phenoxy) is 1. The van der Waals surface area contributed by atoms with Crippen molar-refractivity contribution < 1.29 is 14.6 Å². The van der Waals surface area contributed by atoms with Gasteiger partial charge in [-0.3, -0.25) is 4.79 Å². The Morgan fingerprint density at radius 3 is 2.65 bits per heavy atom. The molecule has 0 spiro atoms. The number of anilines is 2. The van der Waals surface area contributed by atoms with Crippen LogP contribution in [-0.2, 0) is 9.53 Å². The normalized spacial score (nSPS) is 20.5. The molecule has 1 heterocycles. The summed E-state index contributed by atoms with van der Waals surface area (Å²) in [6.45, 7) is 5.33. The van der Waals surface area contributed by atoms with Crippen molar-refractivity contribution in [2.45, 2.75) is 44.6 Å². The number of nitrogens with one attached hydrogen (secondary N) is 1. The maximum absolute atomic E-state index is 12.2. The lowest BCUT2D eigenvalue weighted by atomic mass is 9.97. The summed E-state index contributed by atoms with van der Waals surface area (Å²) in [5.41, 5.74) is 2.23. The van der Waals surface area contributed by atoms with Crippen LogP contribution in [0.25, 0.3) is 0 Å². The van der Waals surface area contributed by atoms with Crippen LogP contribution in [0.2, 0.25) is 0 Å². The lowest BCUT2D eigenvalue weighted by Gasteiger charge is -2.29. The van der Waals surface area contributed by atoms with E-state index in [4.69, 9.17) is 4.74 Å². The Balaban J connectivity index is 1.62. The summed E-state index contributed by atoms with van der Waals surface area (Å²) < 4.78 is 5.38. The summed E-state index contributed by atoms with van der Waals surface area (Å²) >= 11 is 0. The van der Waals surface area contributed by atoms with E-state index in [1.54, 1.807) is 0 Å². The molecule has 23 heavy (non-hydrogen) atoms. The Labute approximate surface area is 137 Å². The zero-order chi connectivity index (χ0) is 16.3. The van der Waals surface area contributed by atoms with Gasteiger partial charge in [0.1, 0.15) is 0 Å².